The predicted molar refractivity (Wildman–Crippen MR) is 98.5 cm³/mol. The molecule has 0 spiro atoms. The van der Waals surface area contributed by atoms with Crippen LogP contribution in [-0.4, -0.2) is 19.9 Å². The van der Waals surface area contributed by atoms with E-state index in [1.807, 2.05) is 24.5 Å². The molecular weight excluding hydrogens is 316 g/mol. The monoisotopic (exact) mass is 334 g/mol. The maximum Gasteiger partial charge on any atom is 0.104 e. The van der Waals surface area contributed by atoms with Crippen LogP contribution in [0.3, 0.4) is 0 Å². The van der Waals surface area contributed by atoms with Gasteiger partial charge in [0.15, 0.2) is 0 Å². The number of pyridine rings is 1. The first-order valence-corrected chi connectivity index (χ1v) is 8.87. The number of rotatable bonds is 3. The van der Waals surface area contributed by atoms with E-state index >= 15 is 0 Å². The van der Waals surface area contributed by atoms with E-state index in [-0.39, 0.29) is 5.41 Å². The fourth-order valence-corrected chi connectivity index (χ4v) is 3.84. The summed E-state index contributed by atoms with van der Waals surface area (Å²) in [5, 5.41) is 1.09. The molecule has 24 heavy (non-hydrogen) atoms. The zero-order valence-corrected chi connectivity index (χ0v) is 14.8. The third-order valence-electron chi connectivity index (χ3n) is 4.40. The van der Waals surface area contributed by atoms with Gasteiger partial charge in [-0.1, -0.05) is 13.0 Å². The fraction of sp³-hybridized carbons (Fsp3) is 0.263. The lowest BCUT2D eigenvalue weighted by Gasteiger charge is -2.22. The molecular formula is C19H18N4S. The van der Waals surface area contributed by atoms with E-state index in [9.17, 15) is 0 Å². The highest BCUT2D eigenvalue weighted by molar-refractivity contribution is 7.18. The van der Waals surface area contributed by atoms with Crippen LogP contribution in [0.1, 0.15) is 37.0 Å². The summed E-state index contributed by atoms with van der Waals surface area (Å²) in [5.41, 5.74) is 4.91. The summed E-state index contributed by atoms with van der Waals surface area (Å²) in [7, 11) is 0. The van der Waals surface area contributed by atoms with Gasteiger partial charge in [0, 0.05) is 24.0 Å². The van der Waals surface area contributed by atoms with Crippen LogP contribution in [-0.2, 0) is 11.8 Å². The Morgan fingerprint density at radius 1 is 1.00 bits per heavy atom. The molecule has 0 fully saturated rings. The van der Waals surface area contributed by atoms with Crippen LogP contribution in [0.25, 0.3) is 21.3 Å². The lowest BCUT2D eigenvalue weighted by atomic mass is 9.85. The Kier molecular flexibility index (Phi) is 3.53. The summed E-state index contributed by atoms with van der Waals surface area (Å²) >= 11 is 1.70. The first kappa shape index (κ1) is 15.1. The first-order valence-electron chi connectivity index (χ1n) is 8.05. The van der Waals surface area contributed by atoms with Crippen molar-refractivity contribution in [3.05, 3.63) is 59.1 Å². The molecule has 4 aromatic rings. The molecule has 0 radical (unpaired) electrons. The summed E-state index contributed by atoms with van der Waals surface area (Å²) in [5.74, 6) is 0. The Labute approximate surface area is 144 Å². The third kappa shape index (κ3) is 2.45. The predicted octanol–water partition coefficient (Wildman–Crippen LogP) is 4.52. The minimum absolute atomic E-state index is 0.193. The lowest BCUT2D eigenvalue weighted by Crippen LogP contribution is -2.18. The largest absolute Gasteiger partial charge is 0.263 e. The molecule has 4 rings (SSSR count). The van der Waals surface area contributed by atoms with Crippen molar-refractivity contribution in [1.82, 2.24) is 19.9 Å². The van der Waals surface area contributed by atoms with E-state index in [0.717, 1.165) is 38.4 Å². The Balaban J connectivity index is 1.84. The fourth-order valence-electron chi connectivity index (χ4n) is 2.78. The number of hydrogen-bond acceptors (Lipinski definition) is 5. The van der Waals surface area contributed by atoms with Crippen LogP contribution in [0, 0.1) is 0 Å². The molecule has 3 aromatic heterocycles. The zero-order valence-electron chi connectivity index (χ0n) is 13.9. The molecule has 0 N–H and O–H groups in total. The van der Waals surface area contributed by atoms with Crippen LogP contribution >= 0.6 is 11.3 Å². The number of aromatic nitrogens is 4. The minimum Gasteiger partial charge on any atom is -0.263 e. The van der Waals surface area contributed by atoms with Crippen LogP contribution < -0.4 is 0 Å². The Bertz CT molecular complexity index is 1000. The molecule has 0 saturated heterocycles. The molecule has 0 bridgehead atoms. The average molecular weight is 334 g/mol. The van der Waals surface area contributed by atoms with Crippen LogP contribution in [0.4, 0.5) is 0 Å². The van der Waals surface area contributed by atoms with Gasteiger partial charge in [0.25, 0.3) is 0 Å². The molecule has 5 heteroatoms. The highest BCUT2D eigenvalue weighted by Gasteiger charge is 2.27. The standard InChI is InChI=1S/C19H18N4S/c1-4-13-10-21-14-6-5-12(9-16(14)22-13)19(2,3)18-23-15-7-8-20-11-17(15)24-18/h5-11H,4H2,1-3H3. The second kappa shape index (κ2) is 5.60. The molecule has 0 aliphatic rings. The third-order valence-corrected chi connectivity index (χ3v) is 5.73. The van der Waals surface area contributed by atoms with Crippen molar-refractivity contribution in [3.63, 3.8) is 0 Å². The van der Waals surface area contributed by atoms with E-state index in [4.69, 9.17) is 9.97 Å². The van der Waals surface area contributed by atoms with Crippen molar-refractivity contribution in [2.24, 2.45) is 0 Å². The average Bonchev–Trinajstić information content (AvgIpc) is 3.05. The molecule has 0 amide bonds. The molecule has 1 aromatic carbocycles. The maximum atomic E-state index is 4.82. The smallest absolute Gasteiger partial charge is 0.104 e. The van der Waals surface area contributed by atoms with E-state index in [0.29, 0.717) is 0 Å². The van der Waals surface area contributed by atoms with Gasteiger partial charge in [-0.25, -0.2) is 9.97 Å². The van der Waals surface area contributed by atoms with Gasteiger partial charge in [0.05, 0.1) is 26.9 Å². The summed E-state index contributed by atoms with van der Waals surface area (Å²) in [6.45, 7) is 6.51. The molecule has 0 unspecified atom stereocenters. The van der Waals surface area contributed by atoms with E-state index in [1.165, 1.54) is 5.56 Å². The molecule has 120 valence electrons. The SMILES string of the molecule is CCc1cnc2ccc(C(C)(C)c3nc4ccncc4s3)cc2n1. The summed E-state index contributed by atoms with van der Waals surface area (Å²) < 4.78 is 1.12. The Hall–Kier alpha value is -2.40. The zero-order chi connectivity index (χ0) is 16.7. The normalized spacial score (nSPS) is 12.1. The van der Waals surface area contributed by atoms with Gasteiger partial charge in [0.2, 0.25) is 0 Å². The Morgan fingerprint density at radius 2 is 1.88 bits per heavy atom. The van der Waals surface area contributed by atoms with E-state index < -0.39 is 0 Å². The van der Waals surface area contributed by atoms with Crippen molar-refractivity contribution >= 4 is 32.6 Å². The van der Waals surface area contributed by atoms with Crippen molar-refractivity contribution in [2.75, 3.05) is 0 Å². The minimum atomic E-state index is -0.193. The molecule has 0 atom stereocenters. The van der Waals surface area contributed by atoms with Gasteiger partial charge in [-0.3, -0.25) is 9.97 Å². The van der Waals surface area contributed by atoms with Crippen molar-refractivity contribution in [2.45, 2.75) is 32.6 Å². The van der Waals surface area contributed by atoms with Gasteiger partial charge in [-0.05, 0) is 44.0 Å². The molecule has 3 heterocycles. The van der Waals surface area contributed by atoms with Crippen molar-refractivity contribution in [3.8, 4) is 0 Å². The molecule has 0 aliphatic carbocycles. The highest BCUT2D eigenvalue weighted by atomic mass is 32.1. The summed E-state index contributed by atoms with van der Waals surface area (Å²) in [6, 6.07) is 8.29. The van der Waals surface area contributed by atoms with Gasteiger partial charge >= 0.3 is 0 Å². The molecule has 0 aliphatic heterocycles. The van der Waals surface area contributed by atoms with Gasteiger partial charge < -0.3 is 0 Å². The second-order valence-corrected chi connectivity index (χ2v) is 7.44. The van der Waals surface area contributed by atoms with E-state index in [1.54, 1.807) is 17.5 Å². The van der Waals surface area contributed by atoms with Gasteiger partial charge in [-0.15, -0.1) is 11.3 Å². The van der Waals surface area contributed by atoms with Gasteiger partial charge in [0.1, 0.15) is 5.01 Å². The number of fused-ring (bicyclic) bond motifs is 2. The topological polar surface area (TPSA) is 51.6 Å². The number of aryl methyl sites for hydroxylation is 1. The number of nitrogens with zero attached hydrogens (tertiary/aromatic N) is 4. The van der Waals surface area contributed by atoms with Crippen LogP contribution in [0.5, 0.6) is 0 Å². The number of hydrogen-bond donors (Lipinski definition) is 0. The summed E-state index contributed by atoms with van der Waals surface area (Å²) in [6.07, 6.45) is 6.41. The maximum absolute atomic E-state index is 4.82. The van der Waals surface area contributed by atoms with Crippen LogP contribution in [0.15, 0.2) is 42.9 Å². The highest BCUT2D eigenvalue weighted by Crippen LogP contribution is 2.37. The summed E-state index contributed by atoms with van der Waals surface area (Å²) in [4.78, 5) is 18.2. The van der Waals surface area contributed by atoms with Crippen molar-refractivity contribution < 1.29 is 0 Å². The van der Waals surface area contributed by atoms with Gasteiger partial charge in [-0.2, -0.15) is 0 Å². The van der Waals surface area contributed by atoms with Crippen LogP contribution in [0.2, 0.25) is 0 Å². The molecule has 0 saturated carbocycles. The lowest BCUT2D eigenvalue weighted by molar-refractivity contribution is 0.637. The number of benzene rings is 1. The van der Waals surface area contributed by atoms with E-state index in [2.05, 4.69) is 42.9 Å². The Morgan fingerprint density at radius 3 is 2.67 bits per heavy atom. The second-order valence-electron chi connectivity index (χ2n) is 6.41. The first-order chi connectivity index (χ1) is 11.6. The number of thiazole rings is 1. The molecule has 4 nitrogen and oxygen atoms in total. The quantitative estimate of drug-likeness (QED) is 0.552. The van der Waals surface area contributed by atoms with Crippen molar-refractivity contribution in [1.29, 1.82) is 0 Å².